The number of pyridine rings is 1. The van der Waals surface area contributed by atoms with Crippen molar-refractivity contribution >= 4 is 17.6 Å². The number of hydrogen-bond acceptors (Lipinski definition) is 5. The number of carbonyl (C=O) groups is 2. The molecule has 0 spiro atoms. The molecule has 3 atom stereocenters. The van der Waals surface area contributed by atoms with Crippen molar-refractivity contribution in [2.45, 2.75) is 65.0 Å². The summed E-state index contributed by atoms with van der Waals surface area (Å²) in [6.07, 6.45) is 7.90. The number of nitrogens with one attached hydrogen (secondary N) is 1. The molecule has 2 saturated carbocycles. The second kappa shape index (κ2) is 9.09. The Morgan fingerprint density at radius 1 is 1.16 bits per heavy atom. The summed E-state index contributed by atoms with van der Waals surface area (Å²) in [6, 6.07) is 8.19. The third-order valence-electron chi connectivity index (χ3n) is 8.79. The van der Waals surface area contributed by atoms with Crippen LogP contribution >= 0.6 is 0 Å². The van der Waals surface area contributed by atoms with Gasteiger partial charge in [0.15, 0.2) is 0 Å². The molecule has 38 heavy (non-hydrogen) atoms. The highest BCUT2D eigenvalue weighted by molar-refractivity contribution is 5.99. The summed E-state index contributed by atoms with van der Waals surface area (Å²) in [4.78, 5) is 32.1. The summed E-state index contributed by atoms with van der Waals surface area (Å²) >= 11 is 0. The molecule has 3 heterocycles. The molecule has 2 amide bonds. The summed E-state index contributed by atoms with van der Waals surface area (Å²) in [6.45, 7) is 8.93. The van der Waals surface area contributed by atoms with Crippen LogP contribution in [0.4, 0.5) is 5.82 Å². The van der Waals surface area contributed by atoms with Gasteiger partial charge in [0.05, 0.1) is 29.4 Å². The lowest BCUT2D eigenvalue weighted by Gasteiger charge is -2.36. The minimum Gasteiger partial charge on any atom is -0.349 e. The van der Waals surface area contributed by atoms with Gasteiger partial charge >= 0.3 is 0 Å². The minimum absolute atomic E-state index is 0.0845. The van der Waals surface area contributed by atoms with E-state index in [1.807, 2.05) is 44.0 Å². The summed E-state index contributed by atoms with van der Waals surface area (Å²) in [5, 5.41) is 17.0. The van der Waals surface area contributed by atoms with E-state index in [1.165, 1.54) is 0 Å². The predicted octanol–water partition coefficient (Wildman–Crippen LogP) is 4.34. The molecule has 194 valence electrons. The van der Waals surface area contributed by atoms with Crippen LogP contribution < -0.4 is 10.2 Å². The smallest absolute Gasteiger partial charge is 0.254 e. The van der Waals surface area contributed by atoms with Crippen molar-refractivity contribution in [3.63, 3.8) is 0 Å². The minimum atomic E-state index is -0.135. The zero-order valence-corrected chi connectivity index (χ0v) is 22.2. The second-order valence-electron chi connectivity index (χ2n) is 11.3. The summed E-state index contributed by atoms with van der Waals surface area (Å²) < 4.78 is 1.80. The zero-order valence-electron chi connectivity index (χ0n) is 22.2. The number of aromatic nitrogens is 3. The van der Waals surface area contributed by atoms with Crippen LogP contribution in [0.25, 0.3) is 0 Å². The number of carbonyl (C=O) groups excluding carboxylic acids is 2. The molecule has 3 aromatic rings. The van der Waals surface area contributed by atoms with Crippen LogP contribution in [-0.2, 0) is 4.79 Å². The van der Waals surface area contributed by atoms with Gasteiger partial charge in [0, 0.05) is 30.9 Å². The molecular weight excluding hydrogens is 476 g/mol. The van der Waals surface area contributed by atoms with Crippen LogP contribution in [0.1, 0.15) is 81.9 Å². The Labute approximate surface area is 222 Å². The van der Waals surface area contributed by atoms with Crippen LogP contribution in [0.3, 0.4) is 0 Å². The lowest BCUT2D eigenvalue weighted by atomic mass is 9.74. The molecule has 3 aliphatic rings. The average Bonchev–Trinajstić information content (AvgIpc) is 3.33. The van der Waals surface area contributed by atoms with Crippen LogP contribution in [0, 0.1) is 43.9 Å². The van der Waals surface area contributed by atoms with Gasteiger partial charge in [-0.3, -0.25) is 19.2 Å². The molecule has 3 fully saturated rings. The fourth-order valence-electron chi connectivity index (χ4n) is 6.06. The number of anilines is 1. The van der Waals surface area contributed by atoms with Gasteiger partial charge in [-0.1, -0.05) is 17.7 Å². The number of piperidine rings is 1. The van der Waals surface area contributed by atoms with Crippen molar-refractivity contribution in [2.24, 2.45) is 11.8 Å². The van der Waals surface area contributed by atoms with E-state index >= 15 is 0 Å². The molecule has 1 aromatic carbocycles. The van der Waals surface area contributed by atoms with Crippen molar-refractivity contribution in [3.8, 4) is 6.07 Å². The quantitative estimate of drug-likeness (QED) is 0.533. The molecule has 1 aliphatic heterocycles. The van der Waals surface area contributed by atoms with E-state index in [2.05, 4.69) is 34.5 Å². The first-order valence-corrected chi connectivity index (χ1v) is 13.4. The van der Waals surface area contributed by atoms with E-state index in [4.69, 9.17) is 0 Å². The summed E-state index contributed by atoms with van der Waals surface area (Å²) in [5.74, 6) is 1.83. The predicted molar refractivity (Wildman–Crippen MR) is 143 cm³/mol. The lowest BCUT2D eigenvalue weighted by Crippen LogP contribution is -2.43. The number of nitriles is 1. The first-order valence-electron chi connectivity index (χ1n) is 13.4. The van der Waals surface area contributed by atoms with Crippen molar-refractivity contribution in [2.75, 3.05) is 11.4 Å². The Hall–Kier alpha value is -3.99. The van der Waals surface area contributed by atoms with E-state index in [0.29, 0.717) is 17.4 Å². The number of fused-ring (bicyclic) bond motifs is 1. The number of nitrogens with zero attached hydrogens (tertiary/aromatic N) is 5. The highest BCUT2D eigenvalue weighted by Gasteiger charge is 2.53. The van der Waals surface area contributed by atoms with Gasteiger partial charge in [0.25, 0.3) is 5.91 Å². The molecule has 6 rings (SSSR count). The Morgan fingerprint density at radius 3 is 2.66 bits per heavy atom. The lowest BCUT2D eigenvalue weighted by molar-refractivity contribution is -0.118. The van der Waals surface area contributed by atoms with Crippen LogP contribution in [0.5, 0.6) is 0 Å². The fraction of sp³-hybridized carbons (Fsp3) is 0.433. The van der Waals surface area contributed by atoms with Gasteiger partial charge < -0.3 is 5.32 Å². The summed E-state index contributed by atoms with van der Waals surface area (Å²) in [7, 11) is 0. The Balaban J connectivity index is 1.11. The van der Waals surface area contributed by atoms with Gasteiger partial charge in [-0.05, 0) is 87.1 Å². The maximum atomic E-state index is 12.9. The van der Waals surface area contributed by atoms with Gasteiger partial charge in [-0.2, -0.15) is 10.4 Å². The third-order valence-corrected chi connectivity index (χ3v) is 8.79. The normalized spacial score (nSPS) is 24.4. The number of amides is 2. The molecule has 0 unspecified atom stereocenters. The molecular formula is C30H32N6O2. The van der Waals surface area contributed by atoms with E-state index in [1.54, 1.807) is 17.1 Å². The number of benzene rings is 1. The third kappa shape index (κ3) is 4.07. The Bertz CT molecular complexity index is 1490. The largest absolute Gasteiger partial charge is 0.349 e. The monoisotopic (exact) mass is 508 g/mol. The van der Waals surface area contributed by atoms with Gasteiger partial charge in [0.2, 0.25) is 5.91 Å². The Morgan fingerprint density at radius 2 is 1.95 bits per heavy atom. The van der Waals surface area contributed by atoms with Crippen LogP contribution in [0.15, 0.2) is 36.8 Å². The molecule has 1 saturated heterocycles. The van der Waals surface area contributed by atoms with Crippen molar-refractivity contribution < 1.29 is 9.59 Å². The Kier molecular flexibility index (Phi) is 5.82. The number of hydrogen-bond donors (Lipinski definition) is 1. The molecule has 0 bridgehead atoms. The molecule has 2 aromatic heterocycles. The highest BCUT2D eigenvalue weighted by atomic mass is 16.2. The molecule has 0 radical (unpaired) electrons. The average molecular weight is 509 g/mol. The number of aryl methyl sites for hydroxylation is 1. The van der Waals surface area contributed by atoms with Crippen LogP contribution in [-0.4, -0.2) is 39.2 Å². The van der Waals surface area contributed by atoms with Gasteiger partial charge in [0.1, 0.15) is 5.82 Å². The van der Waals surface area contributed by atoms with Crippen molar-refractivity contribution in [1.82, 2.24) is 20.1 Å². The molecule has 2 aliphatic carbocycles. The molecule has 1 N–H and O–H groups in total. The van der Waals surface area contributed by atoms with Gasteiger partial charge in [-0.25, -0.2) is 4.98 Å². The topological polar surface area (TPSA) is 104 Å². The number of rotatable bonds is 6. The standard InChI is InChI=1S/C30H32N6O2/c1-16-5-6-20(11-31)25(7-16)21-8-24(9-21)34-29(37)23-12-33-36(15-23)19(4)27-13-32-28(18(3)17(27)2)35-14-22-10-26(22)30(35)38/h5-7,12-13,15,19,21-22,24,26H,8-10,14H2,1-4H3,(H,34,37)/t19-,21-,22+,24+,26+/m0/s1. The summed E-state index contributed by atoms with van der Waals surface area (Å²) in [5.41, 5.74) is 6.59. The second-order valence-corrected chi connectivity index (χ2v) is 11.3. The van der Waals surface area contributed by atoms with E-state index in [0.717, 1.165) is 65.0 Å². The van der Waals surface area contributed by atoms with Crippen molar-refractivity contribution in [3.05, 3.63) is 75.7 Å². The fourth-order valence-corrected chi connectivity index (χ4v) is 6.06. The first kappa shape index (κ1) is 24.4. The maximum absolute atomic E-state index is 12.9. The maximum Gasteiger partial charge on any atom is 0.254 e. The van der Waals surface area contributed by atoms with Crippen molar-refractivity contribution in [1.29, 1.82) is 5.26 Å². The van der Waals surface area contributed by atoms with E-state index in [9.17, 15) is 14.9 Å². The molecule has 8 nitrogen and oxygen atoms in total. The zero-order chi connectivity index (χ0) is 26.7. The highest BCUT2D eigenvalue weighted by Crippen LogP contribution is 2.47. The van der Waals surface area contributed by atoms with Gasteiger partial charge in [-0.15, -0.1) is 0 Å². The van der Waals surface area contributed by atoms with E-state index in [-0.39, 0.29) is 29.8 Å². The van der Waals surface area contributed by atoms with Crippen LogP contribution in [0.2, 0.25) is 0 Å². The first-order chi connectivity index (χ1) is 18.2. The molecule has 8 heteroatoms. The van der Waals surface area contributed by atoms with E-state index < -0.39 is 0 Å². The SMILES string of the molecule is Cc1ccc(C#N)c([C@H]2C[C@@H](NC(=O)c3cnn([C@@H](C)c4cnc(N5C[C@H]6C[C@H]6C5=O)c(C)c4C)c3)C2)c1.